The Labute approximate surface area is 187 Å². The molecule has 0 radical (unpaired) electrons. The number of rotatable bonds is 3. The van der Waals surface area contributed by atoms with Crippen LogP contribution in [0.2, 0.25) is 5.02 Å². The van der Waals surface area contributed by atoms with Gasteiger partial charge in [-0.1, -0.05) is 41.9 Å². The largest absolute Gasteiger partial charge is 0.435 e. The van der Waals surface area contributed by atoms with Crippen molar-refractivity contribution in [2.75, 3.05) is 11.9 Å². The monoisotopic (exact) mass is 449 g/mol. The molecule has 160 valence electrons. The van der Waals surface area contributed by atoms with E-state index in [0.29, 0.717) is 27.7 Å². The van der Waals surface area contributed by atoms with Gasteiger partial charge in [0.1, 0.15) is 6.54 Å². The third-order valence-corrected chi connectivity index (χ3v) is 4.74. The molecule has 4 rings (SSSR count). The number of carbonyl (C=O) groups is 1. The van der Waals surface area contributed by atoms with Crippen molar-refractivity contribution < 1.29 is 14.6 Å². The van der Waals surface area contributed by atoms with E-state index in [1.54, 1.807) is 24.3 Å². The third kappa shape index (κ3) is 4.90. The van der Waals surface area contributed by atoms with E-state index in [2.05, 4.69) is 20.8 Å². The minimum absolute atomic E-state index is 0.0704. The lowest BCUT2D eigenvalue weighted by Gasteiger charge is -2.09. The standard InChI is InChI=1S/C22H16ClN5O4/c23-15-6-8-16(9-7-15)25-22(29)32-27-20-13-24-21(14-4-2-1-3-5-14)18-12-17(28(30)31)10-11-19(18)26-20/h1-12H,13H2,(H,25,29)(H,26,27). The predicted molar refractivity (Wildman–Crippen MR) is 122 cm³/mol. The molecule has 0 saturated carbocycles. The summed E-state index contributed by atoms with van der Waals surface area (Å²) in [6.07, 6.45) is -0.754. The number of aliphatic imine (C=N–C) groups is 2. The van der Waals surface area contributed by atoms with Crippen molar-refractivity contribution >= 4 is 46.3 Å². The second-order valence-corrected chi connectivity index (χ2v) is 7.11. The van der Waals surface area contributed by atoms with Gasteiger partial charge >= 0.3 is 6.09 Å². The molecule has 32 heavy (non-hydrogen) atoms. The van der Waals surface area contributed by atoms with Crippen LogP contribution in [-0.2, 0) is 4.84 Å². The van der Waals surface area contributed by atoms with Crippen molar-refractivity contribution in [2.24, 2.45) is 9.98 Å². The number of benzene rings is 3. The molecule has 0 atom stereocenters. The molecule has 2 N–H and O–H groups in total. The highest BCUT2D eigenvalue weighted by Crippen LogP contribution is 2.29. The Balaban J connectivity index is 1.56. The summed E-state index contributed by atoms with van der Waals surface area (Å²) in [7, 11) is 0. The Morgan fingerprint density at radius 1 is 1.06 bits per heavy atom. The van der Waals surface area contributed by atoms with Crippen molar-refractivity contribution in [3.8, 4) is 0 Å². The zero-order valence-corrected chi connectivity index (χ0v) is 17.2. The molecule has 1 heterocycles. The number of carbonyl (C=O) groups excluding carboxylic acids is 1. The number of fused-ring (bicyclic) bond motifs is 1. The van der Waals surface area contributed by atoms with Gasteiger partial charge in [0.05, 0.1) is 16.3 Å². The van der Waals surface area contributed by atoms with Crippen LogP contribution in [0.1, 0.15) is 11.1 Å². The molecule has 0 bridgehead atoms. The lowest BCUT2D eigenvalue weighted by Crippen LogP contribution is -2.31. The number of nitro benzene ring substituents is 1. The molecule has 0 saturated heterocycles. The highest BCUT2D eigenvalue weighted by Gasteiger charge is 2.20. The van der Waals surface area contributed by atoms with Gasteiger partial charge in [-0.3, -0.25) is 20.4 Å². The van der Waals surface area contributed by atoms with Gasteiger partial charge in [0.2, 0.25) is 0 Å². The molecule has 1 amide bonds. The summed E-state index contributed by atoms with van der Waals surface area (Å²) in [6.45, 7) is 0.0704. The average molecular weight is 450 g/mol. The quantitative estimate of drug-likeness (QED) is 0.436. The molecule has 3 aromatic rings. The number of hydroxylamine groups is 1. The van der Waals surface area contributed by atoms with E-state index in [9.17, 15) is 14.9 Å². The summed E-state index contributed by atoms with van der Waals surface area (Å²) < 4.78 is 0. The van der Waals surface area contributed by atoms with Crippen molar-refractivity contribution in [3.63, 3.8) is 0 Å². The van der Waals surface area contributed by atoms with Gasteiger partial charge in [0.25, 0.3) is 5.69 Å². The third-order valence-electron chi connectivity index (χ3n) is 4.49. The predicted octanol–water partition coefficient (Wildman–Crippen LogP) is 4.88. The molecule has 1 aliphatic heterocycles. The summed E-state index contributed by atoms with van der Waals surface area (Å²) in [5, 5.41) is 14.4. The summed E-state index contributed by atoms with van der Waals surface area (Å²) in [6, 6.07) is 20.1. The van der Waals surface area contributed by atoms with E-state index in [1.807, 2.05) is 30.3 Å². The first kappa shape index (κ1) is 21.0. The molecule has 0 aliphatic carbocycles. The highest BCUT2D eigenvalue weighted by atomic mass is 35.5. The van der Waals surface area contributed by atoms with Gasteiger partial charge in [-0.2, -0.15) is 0 Å². The normalized spacial score (nSPS) is 12.5. The van der Waals surface area contributed by atoms with Gasteiger partial charge in [0.15, 0.2) is 5.84 Å². The number of nitrogens with zero attached hydrogens (tertiary/aromatic N) is 3. The van der Waals surface area contributed by atoms with Crippen LogP contribution in [0.3, 0.4) is 0 Å². The maximum atomic E-state index is 12.1. The number of amidine groups is 1. The highest BCUT2D eigenvalue weighted by molar-refractivity contribution is 6.30. The van der Waals surface area contributed by atoms with Crippen molar-refractivity contribution in [1.29, 1.82) is 0 Å². The summed E-state index contributed by atoms with van der Waals surface area (Å²) >= 11 is 5.83. The van der Waals surface area contributed by atoms with Crippen LogP contribution in [-0.4, -0.2) is 29.1 Å². The Hall–Kier alpha value is -4.24. The molecular weight excluding hydrogens is 434 g/mol. The number of nitrogens with one attached hydrogen (secondary N) is 2. The number of non-ortho nitro benzene ring substituents is 1. The average Bonchev–Trinajstić information content (AvgIpc) is 2.98. The van der Waals surface area contributed by atoms with Gasteiger partial charge in [-0.25, -0.2) is 15.3 Å². The number of nitro groups is 1. The minimum atomic E-state index is -0.754. The molecule has 9 nitrogen and oxygen atoms in total. The van der Waals surface area contributed by atoms with Crippen molar-refractivity contribution in [1.82, 2.24) is 5.48 Å². The second kappa shape index (κ2) is 9.27. The number of hydrogen-bond acceptors (Lipinski definition) is 7. The SMILES string of the molecule is O=C(Nc1ccc(Cl)cc1)ONC1=Nc2ccc([N+](=O)[O-])cc2C(c2ccccc2)=NC1. The summed E-state index contributed by atoms with van der Waals surface area (Å²) in [5.41, 5.74) is 5.25. The van der Waals surface area contributed by atoms with Crippen LogP contribution in [0, 0.1) is 10.1 Å². The first-order valence-electron chi connectivity index (χ1n) is 9.45. The summed E-state index contributed by atoms with van der Waals surface area (Å²) in [5.74, 6) is 0.261. The molecule has 10 heteroatoms. The molecule has 0 unspecified atom stereocenters. The van der Waals surface area contributed by atoms with Crippen molar-refractivity contribution in [2.45, 2.75) is 0 Å². The van der Waals surface area contributed by atoms with Crippen LogP contribution < -0.4 is 10.8 Å². The van der Waals surface area contributed by atoms with E-state index < -0.39 is 11.0 Å². The number of anilines is 1. The van der Waals surface area contributed by atoms with Crippen molar-refractivity contribution in [3.05, 3.63) is 99.1 Å². The second-order valence-electron chi connectivity index (χ2n) is 6.67. The van der Waals surface area contributed by atoms with Gasteiger partial charge in [-0.15, -0.1) is 0 Å². The molecular formula is C22H16ClN5O4. The van der Waals surface area contributed by atoms with Crippen LogP contribution in [0.25, 0.3) is 0 Å². The molecule has 3 aromatic carbocycles. The smallest absolute Gasteiger partial charge is 0.323 e. The topological polar surface area (TPSA) is 118 Å². The van der Waals surface area contributed by atoms with Crippen LogP contribution in [0.4, 0.5) is 21.9 Å². The fourth-order valence-electron chi connectivity index (χ4n) is 3.02. The van der Waals surface area contributed by atoms with Gasteiger partial charge in [-0.05, 0) is 30.3 Å². The Morgan fingerprint density at radius 2 is 1.81 bits per heavy atom. The first-order valence-corrected chi connectivity index (χ1v) is 9.83. The maximum absolute atomic E-state index is 12.1. The lowest BCUT2D eigenvalue weighted by atomic mass is 10.00. The fraction of sp³-hybridized carbons (Fsp3) is 0.0455. The van der Waals surface area contributed by atoms with E-state index in [-0.39, 0.29) is 18.1 Å². The Kier molecular flexibility index (Phi) is 6.09. The Morgan fingerprint density at radius 3 is 2.53 bits per heavy atom. The van der Waals surface area contributed by atoms with E-state index in [0.717, 1.165) is 5.56 Å². The number of hydrogen-bond donors (Lipinski definition) is 2. The van der Waals surface area contributed by atoms with Gasteiger partial charge in [0, 0.05) is 34.0 Å². The van der Waals surface area contributed by atoms with E-state index >= 15 is 0 Å². The minimum Gasteiger partial charge on any atom is -0.323 e. The van der Waals surface area contributed by atoms with Crippen LogP contribution in [0.15, 0.2) is 82.8 Å². The molecule has 0 fully saturated rings. The Bertz CT molecular complexity index is 1230. The van der Waals surface area contributed by atoms with E-state index in [4.69, 9.17) is 16.4 Å². The maximum Gasteiger partial charge on any atom is 0.435 e. The lowest BCUT2D eigenvalue weighted by molar-refractivity contribution is -0.384. The number of amides is 1. The molecule has 0 spiro atoms. The van der Waals surface area contributed by atoms with Gasteiger partial charge < -0.3 is 4.84 Å². The number of halogens is 1. The molecule has 0 aromatic heterocycles. The van der Waals surface area contributed by atoms with Crippen LogP contribution >= 0.6 is 11.6 Å². The first-order chi connectivity index (χ1) is 15.5. The zero-order chi connectivity index (χ0) is 22.5. The fourth-order valence-corrected chi connectivity index (χ4v) is 3.15. The molecule has 1 aliphatic rings. The zero-order valence-electron chi connectivity index (χ0n) is 16.5. The van der Waals surface area contributed by atoms with E-state index in [1.165, 1.54) is 18.2 Å². The summed E-state index contributed by atoms with van der Waals surface area (Å²) in [4.78, 5) is 36.9. The van der Waals surface area contributed by atoms with Crippen LogP contribution in [0.5, 0.6) is 0 Å².